The highest BCUT2D eigenvalue weighted by molar-refractivity contribution is 5.99. The van der Waals surface area contributed by atoms with Gasteiger partial charge in [-0.15, -0.1) is 13.2 Å². The highest BCUT2D eigenvalue weighted by atomic mass is 16.5. The number of fused-ring (bicyclic) bond motifs is 1. The average Bonchev–Trinajstić information content (AvgIpc) is 3.66. The van der Waals surface area contributed by atoms with Crippen LogP contribution in [0.25, 0.3) is 0 Å². The van der Waals surface area contributed by atoms with Crippen molar-refractivity contribution >= 4 is 23.7 Å². The molecule has 252 valence electrons. The molecule has 7 atom stereocenters. The second-order valence-corrected chi connectivity index (χ2v) is 14.2. The van der Waals surface area contributed by atoms with E-state index in [0.717, 1.165) is 5.56 Å². The molecule has 3 amide bonds. The third-order valence-corrected chi connectivity index (χ3v) is 9.49. The molecule has 0 unspecified atom stereocenters. The minimum Gasteiger partial charge on any atom is -0.463 e. The standard InChI is InChI=1S/C36H51N3O7/c1-8-10-16-28(41)45-22-26(24-14-12-11-13-15-24)37-32(42)29-27-17-18-36(46-27)30(29)33(43)39(25(21-40)20-23(3)4)31(36)34(44)38(19-9-2)35(5,6)7/h8-9,11-15,23,25-27,29-31,40H,1-2,10,16-22H2,3-7H3,(H,37,42)/t25-,26-,27+,29-,30-,31+,36-/m1/s1. The van der Waals surface area contributed by atoms with E-state index < -0.39 is 59.1 Å². The van der Waals surface area contributed by atoms with E-state index in [1.807, 2.05) is 65.0 Å². The van der Waals surface area contributed by atoms with E-state index in [1.54, 1.807) is 17.1 Å². The first-order chi connectivity index (χ1) is 21.8. The number of ether oxygens (including phenoxy) is 2. The number of hydrogen-bond donors (Lipinski definition) is 2. The summed E-state index contributed by atoms with van der Waals surface area (Å²) in [6.07, 6.45) is 4.85. The zero-order chi connectivity index (χ0) is 33.8. The predicted octanol–water partition coefficient (Wildman–Crippen LogP) is 3.95. The van der Waals surface area contributed by atoms with Crippen LogP contribution in [0.3, 0.4) is 0 Å². The number of nitrogens with zero attached hydrogens (tertiary/aromatic N) is 2. The van der Waals surface area contributed by atoms with Gasteiger partial charge >= 0.3 is 5.97 Å². The van der Waals surface area contributed by atoms with Crippen molar-refractivity contribution in [3.63, 3.8) is 0 Å². The van der Waals surface area contributed by atoms with E-state index >= 15 is 0 Å². The molecule has 2 N–H and O–H groups in total. The lowest BCUT2D eigenvalue weighted by Gasteiger charge is -2.43. The minimum atomic E-state index is -1.21. The summed E-state index contributed by atoms with van der Waals surface area (Å²) in [5, 5.41) is 13.6. The molecule has 46 heavy (non-hydrogen) atoms. The number of allylic oxidation sites excluding steroid dienone is 1. The maximum atomic E-state index is 14.6. The molecule has 10 heteroatoms. The van der Waals surface area contributed by atoms with Gasteiger partial charge < -0.3 is 29.7 Å². The second kappa shape index (κ2) is 14.5. The van der Waals surface area contributed by atoms with Gasteiger partial charge in [-0.05, 0) is 57.9 Å². The van der Waals surface area contributed by atoms with Crippen LogP contribution in [0.5, 0.6) is 0 Å². The Balaban J connectivity index is 1.70. The molecule has 0 aliphatic carbocycles. The maximum absolute atomic E-state index is 14.6. The molecule has 4 rings (SSSR count). The Morgan fingerprint density at radius 1 is 1.20 bits per heavy atom. The quantitative estimate of drug-likeness (QED) is 0.220. The van der Waals surface area contributed by atoms with Crippen molar-refractivity contribution in [2.24, 2.45) is 17.8 Å². The van der Waals surface area contributed by atoms with E-state index in [1.165, 1.54) is 4.90 Å². The lowest BCUT2D eigenvalue weighted by molar-refractivity contribution is -0.154. The molecule has 0 aromatic heterocycles. The molecule has 3 aliphatic heterocycles. The van der Waals surface area contributed by atoms with Crippen molar-refractivity contribution < 1.29 is 33.8 Å². The van der Waals surface area contributed by atoms with Gasteiger partial charge in [0.2, 0.25) is 17.7 Å². The first-order valence-electron chi connectivity index (χ1n) is 16.5. The Hall–Kier alpha value is -3.50. The lowest BCUT2D eigenvalue weighted by atomic mass is 9.70. The van der Waals surface area contributed by atoms with Gasteiger partial charge in [-0.2, -0.15) is 0 Å². The number of hydrogen-bond acceptors (Lipinski definition) is 7. The molecule has 2 bridgehead atoms. The van der Waals surface area contributed by atoms with Crippen LogP contribution in [0.15, 0.2) is 55.6 Å². The van der Waals surface area contributed by atoms with E-state index in [9.17, 15) is 24.3 Å². The topological polar surface area (TPSA) is 125 Å². The number of rotatable bonds is 15. The van der Waals surface area contributed by atoms with Crippen molar-refractivity contribution in [3.05, 3.63) is 61.2 Å². The van der Waals surface area contributed by atoms with E-state index in [4.69, 9.17) is 9.47 Å². The van der Waals surface area contributed by atoms with Crippen molar-refractivity contribution in [3.8, 4) is 0 Å². The van der Waals surface area contributed by atoms with Gasteiger partial charge in [-0.1, -0.05) is 56.3 Å². The summed E-state index contributed by atoms with van der Waals surface area (Å²) >= 11 is 0. The Morgan fingerprint density at radius 2 is 1.89 bits per heavy atom. The van der Waals surface area contributed by atoms with Crippen molar-refractivity contribution in [1.29, 1.82) is 0 Å². The molecule has 3 saturated heterocycles. The van der Waals surface area contributed by atoms with Gasteiger partial charge in [0.1, 0.15) is 18.2 Å². The van der Waals surface area contributed by atoms with Gasteiger partial charge in [0, 0.05) is 18.5 Å². The Bertz CT molecular complexity index is 1290. The Morgan fingerprint density at radius 3 is 2.48 bits per heavy atom. The van der Waals surface area contributed by atoms with Crippen LogP contribution in [0, 0.1) is 17.8 Å². The van der Waals surface area contributed by atoms with Crippen LogP contribution in [-0.4, -0.2) is 87.7 Å². The highest BCUT2D eigenvalue weighted by Crippen LogP contribution is 2.59. The molecule has 3 fully saturated rings. The first-order valence-corrected chi connectivity index (χ1v) is 16.5. The summed E-state index contributed by atoms with van der Waals surface area (Å²) in [4.78, 5) is 59.0. The number of likely N-dealkylation sites (tertiary alicyclic amines) is 1. The number of benzene rings is 1. The van der Waals surface area contributed by atoms with E-state index in [0.29, 0.717) is 25.7 Å². The van der Waals surface area contributed by atoms with Gasteiger partial charge in [-0.3, -0.25) is 19.2 Å². The zero-order valence-electron chi connectivity index (χ0n) is 27.9. The smallest absolute Gasteiger partial charge is 0.306 e. The second-order valence-electron chi connectivity index (χ2n) is 14.2. The molecular weight excluding hydrogens is 586 g/mol. The molecule has 3 heterocycles. The summed E-state index contributed by atoms with van der Waals surface area (Å²) in [6, 6.07) is 6.95. The fraction of sp³-hybridized carbons (Fsp3) is 0.611. The largest absolute Gasteiger partial charge is 0.463 e. The van der Waals surface area contributed by atoms with Gasteiger partial charge in [0.15, 0.2) is 0 Å². The monoisotopic (exact) mass is 637 g/mol. The number of aliphatic hydroxyl groups excluding tert-OH is 1. The lowest BCUT2D eigenvalue weighted by Crippen LogP contribution is -2.61. The maximum Gasteiger partial charge on any atom is 0.306 e. The first kappa shape index (κ1) is 35.4. The minimum absolute atomic E-state index is 0.0793. The number of carbonyl (C=O) groups excluding carboxylic acids is 4. The predicted molar refractivity (Wildman–Crippen MR) is 174 cm³/mol. The third kappa shape index (κ3) is 6.93. The molecule has 3 aliphatic rings. The Kier molecular flexibility index (Phi) is 11.2. The molecule has 10 nitrogen and oxygen atoms in total. The van der Waals surface area contributed by atoms with Crippen LogP contribution in [-0.2, 0) is 28.7 Å². The fourth-order valence-corrected chi connectivity index (χ4v) is 7.50. The van der Waals surface area contributed by atoms with Crippen LogP contribution in [0.1, 0.15) is 78.3 Å². The molecule has 0 saturated carbocycles. The molecule has 1 spiro atoms. The zero-order valence-corrected chi connectivity index (χ0v) is 27.9. The van der Waals surface area contributed by atoms with Crippen molar-refractivity contribution in [2.45, 2.75) is 102 Å². The summed E-state index contributed by atoms with van der Waals surface area (Å²) in [7, 11) is 0. The van der Waals surface area contributed by atoms with Crippen LogP contribution in [0.2, 0.25) is 0 Å². The summed E-state index contributed by atoms with van der Waals surface area (Å²) in [6.45, 7) is 17.2. The fourth-order valence-electron chi connectivity index (χ4n) is 7.50. The van der Waals surface area contributed by atoms with Crippen LogP contribution >= 0.6 is 0 Å². The number of esters is 1. The van der Waals surface area contributed by atoms with Gasteiger partial charge in [0.05, 0.1) is 36.6 Å². The van der Waals surface area contributed by atoms with Gasteiger partial charge in [0.25, 0.3) is 0 Å². The SMILES string of the molecule is C=CCCC(=O)OC[C@@H](NC(=O)[C@@H]1[C@@H]2CC[C@]3(O2)[C@H](C(=O)N(CC=C)C(C)(C)C)N([C@@H](CO)CC(C)C)C(=O)[C@@H]13)c1ccccc1. The molecule has 1 aromatic rings. The van der Waals surface area contributed by atoms with Crippen molar-refractivity contribution in [1.82, 2.24) is 15.1 Å². The molecule has 1 aromatic carbocycles. The highest BCUT2D eigenvalue weighted by Gasteiger charge is 2.75. The van der Waals surface area contributed by atoms with Crippen LogP contribution in [0.4, 0.5) is 0 Å². The summed E-state index contributed by atoms with van der Waals surface area (Å²) in [5.74, 6) is -3.03. The van der Waals surface area contributed by atoms with E-state index in [-0.39, 0.29) is 43.9 Å². The van der Waals surface area contributed by atoms with E-state index in [2.05, 4.69) is 18.5 Å². The Labute approximate surface area is 273 Å². The normalized spacial score (nSPS) is 26.4. The van der Waals surface area contributed by atoms with Gasteiger partial charge in [-0.25, -0.2) is 0 Å². The number of aliphatic hydroxyl groups is 1. The third-order valence-electron chi connectivity index (χ3n) is 9.49. The molecule has 0 radical (unpaired) electrons. The summed E-state index contributed by atoms with van der Waals surface area (Å²) < 4.78 is 12.2. The summed E-state index contributed by atoms with van der Waals surface area (Å²) in [5.41, 5.74) is -1.04. The van der Waals surface area contributed by atoms with Crippen molar-refractivity contribution in [2.75, 3.05) is 19.8 Å². The number of amides is 3. The number of nitrogens with one attached hydrogen (secondary N) is 1. The molecular formula is C36H51N3O7. The number of carbonyl (C=O) groups is 4. The average molecular weight is 638 g/mol. The van der Waals surface area contributed by atoms with Crippen LogP contribution < -0.4 is 5.32 Å².